The van der Waals surface area contributed by atoms with E-state index in [0.717, 1.165) is 12.8 Å². The van der Waals surface area contributed by atoms with Gasteiger partial charge in [0.05, 0.1) is 5.56 Å². The summed E-state index contributed by atoms with van der Waals surface area (Å²) in [5.74, 6) is 0.260. The number of rotatable bonds is 3. The lowest BCUT2D eigenvalue weighted by atomic mass is 10.2. The van der Waals surface area contributed by atoms with Crippen molar-refractivity contribution < 1.29 is 14.6 Å². The molecular weight excluding hydrogens is 240 g/mol. The highest BCUT2D eigenvalue weighted by atomic mass is 16.5. The Morgan fingerprint density at radius 3 is 2.63 bits per heavy atom. The summed E-state index contributed by atoms with van der Waals surface area (Å²) in [6.07, 6.45) is 9.47. The molecule has 0 fully saturated rings. The maximum absolute atomic E-state index is 11.9. The van der Waals surface area contributed by atoms with Gasteiger partial charge >= 0.3 is 5.97 Å². The number of hydrogen-bond acceptors (Lipinski definition) is 3. The van der Waals surface area contributed by atoms with E-state index in [4.69, 9.17) is 4.74 Å². The van der Waals surface area contributed by atoms with Crippen molar-refractivity contribution in [3.63, 3.8) is 0 Å². The number of esters is 1. The fourth-order valence-electron chi connectivity index (χ4n) is 1.75. The summed E-state index contributed by atoms with van der Waals surface area (Å²) in [4.78, 5) is 11.9. The fraction of sp³-hybridized carbons (Fsp3) is 0.188. The molecular formula is C16H16O3. The third-order valence-corrected chi connectivity index (χ3v) is 2.88. The Hall–Kier alpha value is -2.29. The van der Waals surface area contributed by atoms with Gasteiger partial charge in [0.15, 0.2) is 0 Å². The average molecular weight is 256 g/mol. The van der Waals surface area contributed by atoms with Gasteiger partial charge in [-0.05, 0) is 49.3 Å². The van der Waals surface area contributed by atoms with Crippen molar-refractivity contribution in [3.05, 3.63) is 65.5 Å². The fourth-order valence-corrected chi connectivity index (χ4v) is 1.75. The van der Waals surface area contributed by atoms with Crippen molar-refractivity contribution in [3.8, 4) is 5.75 Å². The molecule has 0 bridgehead atoms. The van der Waals surface area contributed by atoms with Gasteiger partial charge in [-0.2, -0.15) is 0 Å². The summed E-state index contributed by atoms with van der Waals surface area (Å²) in [7, 11) is 0. The predicted octanol–water partition coefficient (Wildman–Crippen LogP) is 3.73. The van der Waals surface area contributed by atoms with Crippen molar-refractivity contribution in [2.45, 2.75) is 19.8 Å². The minimum Gasteiger partial charge on any atom is -0.508 e. The van der Waals surface area contributed by atoms with Gasteiger partial charge in [-0.3, -0.25) is 0 Å². The molecule has 1 aliphatic rings. The van der Waals surface area contributed by atoms with Crippen LogP contribution in [-0.2, 0) is 4.74 Å². The molecule has 0 radical (unpaired) electrons. The number of hydrogen-bond donors (Lipinski definition) is 1. The van der Waals surface area contributed by atoms with Crippen molar-refractivity contribution in [2.24, 2.45) is 0 Å². The molecule has 0 saturated carbocycles. The van der Waals surface area contributed by atoms with E-state index in [1.165, 1.54) is 29.8 Å². The van der Waals surface area contributed by atoms with Gasteiger partial charge in [-0.25, -0.2) is 4.79 Å². The second kappa shape index (κ2) is 6.05. The summed E-state index contributed by atoms with van der Waals surface area (Å²) < 4.78 is 5.31. The lowest BCUT2D eigenvalue weighted by Gasteiger charge is -2.04. The van der Waals surface area contributed by atoms with E-state index in [1.54, 1.807) is 6.08 Å². The SMILES string of the molecule is CCC1=CCC=C(OC(=O)c2ccc(O)cc2)C=C1. The molecule has 3 heteroatoms. The molecule has 0 spiro atoms. The molecule has 19 heavy (non-hydrogen) atoms. The monoisotopic (exact) mass is 256 g/mol. The van der Waals surface area contributed by atoms with E-state index in [-0.39, 0.29) is 5.75 Å². The Balaban J connectivity index is 2.04. The Kier molecular flexibility index (Phi) is 4.18. The molecule has 98 valence electrons. The Labute approximate surface area is 112 Å². The molecule has 0 amide bonds. The van der Waals surface area contributed by atoms with Crippen LogP contribution in [0.15, 0.2) is 59.9 Å². The van der Waals surface area contributed by atoms with E-state index >= 15 is 0 Å². The van der Waals surface area contributed by atoms with Crippen molar-refractivity contribution in [2.75, 3.05) is 0 Å². The largest absolute Gasteiger partial charge is 0.508 e. The van der Waals surface area contributed by atoms with Crippen LogP contribution in [-0.4, -0.2) is 11.1 Å². The number of phenolic OH excluding ortho intramolecular Hbond substituents is 1. The second-order valence-corrected chi connectivity index (χ2v) is 4.24. The first-order valence-corrected chi connectivity index (χ1v) is 6.27. The van der Waals surface area contributed by atoms with E-state index in [0.29, 0.717) is 11.3 Å². The highest BCUT2D eigenvalue weighted by Crippen LogP contribution is 2.16. The van der Waals surface area contributed by atoms with Crippen molar-refractivity contribution in [1.82, 2.24) is 0 Å². The number of phenols is 1. The molecule has 0 heterocycles. The standard InChI is InChI=1S/C16H16O3/c1-2-12-4-3-5-15(11-6-12)19-16(18)13-7-9-14(17)10-8-13/h4-11,17H,2-3H2,1H3. The van der Waals surface area contributed by atoms with Gasteiger partial charge < -0.3 is 9.84 Å². The molecule has 1 aromatic carbocycles. The maximum atomic E-state index is 11.9. The van der Waals surface area contributed by atoms with Crippen molar-refractivity contribution >= 4 is 5.97 Å². The first kappa shape index (κ1) is 13.1. The second-order valence-electron chi connectivity index (χ2n) is 4.24. The van der Waals surface area contributed by atoms with Crippen LogP contribution in [0.1, 0.15) is 30.1 Å². The summed E-state index contributed by atoms with van der Waals surface area (Å²) in [5.41, 5.74) is 1.65. The molecule has 0 aromatic heterocycles. The molecule has 2 rings (SSSR count). The minimum atomic E-state index is -0.421. The number of aromatic hydroxyl groups is 1. The highest BCUT2D eigenvalue weighted by Gasteiger charge is 2.09. The molecule has 1 aliphatic carbocycles. The first-order chi connectivity index (χ1) is 9.19. The third kappa shape index (κ3) is 3.58. The Morgan fingerprint density at radius 1 is 1.21 bits per heavy atom. The van der Waals surface area contributed by atoms with E-state index < -0.39 is 5.97 Å². The normalized spacial score (nSPS) is 14.4. The first-order valence-electron chi connectivity index (χ1n) is 6.27. The summed E-state index contributed by atoms with van der Waals surface area (Å²) in [6, 6.07) is 6.00. The Bertz CT molecular complexity index is 548. The molecule has 0 unspecified atom stereocenters. The molecule has 0 atom stereocenters. The molecule has 3 nitrogen and oxygen atoms in total. The van der Waals surface area contributed by atoms with Crippen molar-refractivity contribution in [1.29, 1.82) is 0 Å². The minimum absolute atomic E-state index is 0.127. The van der Waals surface area contributed by atoms with Crippen LogP contribution < -0.4 is 0 Å². The number of carbonyl (C=O) groups excluding carboxylic acids is 1. The number of ether oxygens (including phenoxy) is 1. The quantitative estimate of drug-likeness (QED) is 0.838. The summed E-state index contributed by atoms with van der Waals surface area (Å²) >= 11 is 0. The van der Waals surface area contributed by atoms with Crippen LogP contribution in [0.2, 0.25) is 0 Å². The van der Waals surface area contributed by atoms with E-state index in [1.807, 2.05) is 12.2 Å². The van der Waals surface area contributed by atoms with Gasteiger partial charge in [-0.15, -0.1) is 0 Å². The lowest BCUT2D eigenvalue weighted by Crippen LogP contribution is -2.03. The molecule has 0 saturated heterocycles. The smallest absolute Gasteiger partial charge is 0.343 e. The van der Waals surface area contributed by atoms with Gasteiger partial charge in [0.1, 0.15) is 11.5 Å². The lowest BCUT2D eigenvalue weighted by molar-refractivity contribution is 0.0636. The number of allylic oxidation sites excluding steroid dienone is 5. The van der Waals surface area contributed by atoms with Gasteiger partial charge in [-0.1, -0.05) is 24.6 Å². The highest BCUT2D eigenvalue weighted by molar-refractivity contribution is 5.90. The zero-order valence-corrected chi connectivity index (χ0v) is 10.8. The van der Waals surface area contributed by atoms with Gasteiger partial charge in [0, 0.05) is 0 Å². The summed E-state index contributed by atoms with van der Waals surface area (Å²) in [6.45, 7) is 2.09. The Morgan fingerprint density at radius 2 is 1.95 bits per heavy atom. The maximum Gasteiger partial charge on any atom is 0.343 e. The predicted molar refractivity (Wildman–Crippen MR) is 73.7 cm³/mol. The van der Waals surface area contributed by atoms with Gasteiger partial charge in [0.25, 0.3) is 0 Å². The van der Waals surface area contributed by atoms with Crippen LogP contribution in [0.3, 0.4) is 0 Å². The molecule has 1 aromatic rings. The van der Waals surface area contributed by atoms with Gasteiger partial charge in [0.2, 0.25) is 0 Å². The molecule has 0 aliphatic heterocycles. The van der Waals surface area contributed by atoms with E-state index in [2.05, 4.69) is 13.0 Å². The van der Waals surface area contributed by atoms with Crippen LogP contribution in [0.5, 0.6) is 5.75 Å². The van der Waals surface area contributed by atoms with Crippen LogP contribution in [0.25, 0.3) is 0 Å². The summed E-state index contributed by atoms with van der Waals surface area (Å²) in [5, 5.41) is 9.17. The van der Waals surface area contributed by atoms with E-state index in [9.17, 15) is 9.90 Å². The van der Waals surface area contributed by atoms with Crippen LogP contribution >= 0.6 is 0 Å². The topological polar surface area (TPSA) is 46.5 Å². The van der Waals surface area contributed by atoms with Crippen LogP contribution in [0, 0.1) is 0 Å². The third-order valence-electron chi connectivity index (χ3n) is 2.88. The van der Waals surface area contributed by atoms with Crippen LogP contribution in [0.4, 0.5) is 0 Å². The zero-order chi connectivity index (χ0) is 13.7. The number of carbonyl (C=O) groups is 1. The average Bonchev–Trinajstić information content (AvgIpc) is 2.64. The number of benzene rings is 1. The zero-order valence-electron chi connectivity index (χ0n) is 10.8. The molecule has 1 N–H and O–H groups in total.